The van der Waals surface area contributed by atoms with Crippen LogP contribution in [-0.4, -0.2) is 53.5 Å². The van der Waals surface area contributed by atoms with E-state index in [1.165, 1.54) is 19.2 Å². The minimum Gasteiger partial charge on any atom is -0.494 e. The lowest BCUT2D eigenvalue weighted by Gasteiger charge is -2.20. The molecular formula is C23H23FN4O3. The van der Waals surface area contributed by atoms with Crippen molar-refractivity contribution in [3.8, 4) is 17.1 Å². The molecule has 8 heteroatoms. The van der Waals surface area contributed by atoms with Gasteiger partial charge in [0, 0.05) is 44.2 Å². The third kappa shape index (κ3) is 3.88. The third-order valence-electron chi connectivity index (χ3n) is 5.44. The number of carbonyl (C=O) groups is 2. The number of benzene rings is 2. The number of nitrogens with zero attached hydrogens (tertiary/aromatic N) is 3. The van der Waals surface area contributed by atoms with Crippen molar-refractivity contribution in [3.05, 3.63) is 71.3 Å². The van der Waals surface area contributed by atoms with Gasteiger partial charge in [-0.25, -0.2) is 9.37 Å². The fraction of sp³-hybridized carbons (Fsp3) is 0.261. The minimum atomic E-state index is -0.577. The van der Waals surface area contributed by atoms with Crippen molar-refractivity contribution in [2.75, 3.05) is 27.2 Å². The summed E-state index contributed by atoms with van der Waals surface area (Å²) < 4.78 is 21.0. The van der Waals surface area contributed by atoms with E-state index in [-0.39, 0.29) is 23.1 Å². The number of hydrogen-bond donors (Lipinski definition) is 1. The molecule has 31 heavy (non-hydrogen) atoms. The molecule has 1 aliphatic rings. The van der Waals surface area contributed by atoms with Gasteiger partial charge in [-0.1, -0.05) is 30.3 Å². The van der Waals surface area contributed by atoms with E-state index in [2.05, 4.69) is 10.3 Å². The van der Waals surface area contributed by atoms with Gasteiger partial charge in [-0.3, -0.25) is 9.59 Å². The molecule has 3 aromatic rings. The molecule has 0 saturated heterocycles. The van der Waals surface area contributed by atoms with Crippen molar-refractivity contribution in [2.24, 2.45) is 0 Å². The van der Waals surface area contributed by atoms with Crippen molar-refractivity contribution in [2.45, 2.75) is 13.0 Å². The Labute approximate surface area is 179 Å². The molecular weight excluding hydrogens is 399 g/mol. The van der Waals surface area contributed by atoms with E-state index in [0.29, 0.717) is 37.6 Å². The standard InChI is InChI=1S/C23H23FN4O3/c1-25-22(29)20-18-10-11-27(23(30)16-8-9-19(31-2)17(24)14-16)12-13-28(18)21(26-20)15-6-4-3-5-7-15/h3-9,14H,10-13H2,1-2H3,(H,25,29). The van der Waals surface area contributed by atoms with E-state index in [1.807, 2.05) is 34.9 Å². The zero-order valence-electron chi connectivity index (χ0n) is 17.4. The molecule has 0 bridgehead atoms. The maximum Gasteiger partial charge on any atom is 0.271 e. The number of amides is 2. The second-order valence-electron chi connectivity index (χ2n) is 7.22. The molecule has 0 atom stereocenters. The van der Waals surface area contributed by atoms with Crippen LogP contribution in [0, 0.1) is 5.82 Å². The molecule has 2 heterocycles. The number of fused-ring (bicyclic) bond motifs is 1. The van der Waals surface area contributed by atoms with E-state index in [9.17, 15) is 14.0 Å². The van der Waals surface area contributed by atoms with Crippen molar-refractivity contribution >= 4 is 11.8 Å². The lowest BCUT2D eigenvalue weighted by Crippen LogP contribution is -2.33. The fourth-order valence-electron chi connectivity index (χ4n) is 3.85. The molecule has 2 aromatic carbocycles. The third-order valence-corrected chi connectivity index (χ3v) is 5.44. The Kier molecular flexibility index (Phi) is 5.70. The highest BCUT2D eigenvalue weighted by molar-refractivity contribution is 5.95. The van der Waals surface area contributed by atoms with Gasteiger partial charge in [0.25, 0.3) is 11.8 Å². The van der Waals surface area contributed by atoms with Gasteiger partial charge >= 0.3 is 0 Å². The Morgan fingerprint density at radius 2 is 1.87 bits per heavy atom. The van der Waals surface area contributed by atoms with E-state index in [0.717, 1.165) is 11.3 Å². The smallest absolute Gasteiger partial charge is 0.271 e. The highest BCUT2D eigenvalue weighted by Crippen LogP contribution is 2.26. The summed E-state index contributed by atoms with van der Waals surface area (Å²) in [6, 6.07) is 13.8. The monoisotopic (exact) mass is 422 g/mol. The molecule has 1 N–H and O–H groups in total. The molecule has 4 rings (SSSR count). The van der Waals surface area contributed by atoms with Gasteiger partial charge in [0.15, 0.2) is 11.6 Å². The number of hydrogen-bond acceptors (Lipinski definition) is 4. The van der Waals surface area contributed by atoms with Crippen LogP contribution in [0.4, 0.5) is 4.39 Å². The summed E-state index contributed by atoms with van der Waals surface area (Å²) in [6.45, 7) is 1.30. The SMILES string of the molecule is CNC(=O)c1nc(-c2ccccc2)n2c1CCN(C(=O)c1ccc(OC)c(F)c1)CC2. The molecule has 1 aromatic heterocycles. The van der Waals surface area contributed by atoms with Gasteiger partial charge in [0.05, 0.1) is 12.8 Å². The van der Waals surface area contributed by atoms with Crippen LogP contribution in [0.5, 0.6) is 5.75 Å². The Morgan fingerprint density at radius 3 is 2.55 bits per heavy atom. The first-order valence-corrected chi connectivity index (χ1v) is 10.0. The summed E-state index contributed by atoms with van der Waals surface area (Å²) >= 11 is 0. The normalized spacial score (nSPS) is 13.3. The summed E-state index contributed by atoms with van der Waals surface area (Å²) in [5, 5.41) is 2.64. The van der Waals surface area contributed by atoms with Crippen LogP contribution < -0.4 is 10.1 Å². The molecule has 7 nitrogen and oxygen atoms in total. The molecule has 2 amide bonds. The van der Waals surface area contributed by atoms with Crippen LogP contribution in [0.3, 0.4) is 0 Å². The maximum absolute atomic E-state index is 14.1. The first kappa shape index (κ1) is 20.6. The average Bonchev–Trinajstić information content (AvgIpc) is 3.03. The van der Waals surface area contributed by atoms with Crippen LogP contribution in [0.1, 0.15) is 26.5 Å². The highest BCUT2D eigenvalue weighted by atomic mass is 19.1. The van der Waals surface area contributed by atoms with Gasteiger partial charge in [-0.15, -0.1) is 0 Å². The molecule has 0 radical (unpaired) electrons. The van der Waals surface area contributed by atoms with Crippen LogP contribution >= 0.6 is 0 Å². The summed E-state index contributed by atoms with van der Waals surface area (Å²) in [7, 11) is 2.95. The molecule has 0 saturated carbocycles. The topological polar surface area (TPSA) is 76.5 Å². The predicted molar refractivity (Wildman–Crippen MR) is 114 cm³/mol. The molecule has 0 spiro atoms. The van der Waals surface area contributed by atoms with Crippen LogP contribution in [0.15, 0.2) is 48.5 Å². The van der Waals surface area contributed by atoms with E-state index >= 15 is 0 Å². The second-order valence-corrected chi connectivity index (χ2v) is 7.22. The van der Waals surface area contributed by atoms with Crippen molar-refractivity contribution in [1.29, 1.82) is 0 Å². The van der Waals surface area contributed by atoms with E-state index in [4.69, 9.17) is 4.74 Å². The average molecular weight is 422 g/mol. The van der Waals surface area contributed by atoms with Crippen LogP contribution in [0.25, 0.3) is 11.4 Å². The van der Waals surface area contributed by atoms with Gasteiger partial charge in [-0.05, 0) is 18.2 Å². The van der Waals surface area contributed by atoms with E-state index in [1.54, 1.807) is 18.0 Å². The zero-order valence-corrected chi connectivity index (χ0v) is 17.4. The number of carbonyl (C=O) groups excluding carboxylic acids is 2. The molecule has 0 fully saturated rings. The first-order valence-electron chi connectivity index (χ1n) is 10.0. The number of halogens is 1. The quantitative estimate of drug-likeness (QED) is 0.702. The Morgan fingerprint density at radius 1 is 1.10 bits per heavy atom. The van der Waals surface area contributed by atoms with Crippen molar-refractivity contribution in [1.82, 2.24) is 19.8 Å². The van der Waals surface area contributed by atoms with Gasteiger partial charge < -0.3 is 19.5 Å². The Hall–Kier alpha value is -3.68. The molecule has 1 aliphatic heterocycles. The summed E-state index contributed by atoms with van der Waals surface area (Å²) in [5.74, 6) is -0.311. The highest BCUT2D eigenvalue weighted by Gasteiger charge is 2.27. The van der Waals surface area contributed by atoms with E-state index < -0.39 is 5.82 Å². The van der Waals surface area contributed by atoms with Crippen molar-refractivity contribution in [3.63, 3.8) is 0 Å². The van der Waals surface area contributed by atoms with Crippen LogP contribution in [0.2, 0.25) is 0 Å². The van der Waals surface area contributed by atoms with Crippen molar-refractivity contribution < 1.29 is 18.7 Å². The Bertz CT molecular complexity index is 1130. The van der Waals surface area contributed by atoms with Crippen LogP contribution in [-0.2, 0) is 13.0 Å². The lowest BCUT2D eigenvalue weighted by atomic mass is 10.1. The predicted octanol–water partition coefficient (Wildman–Crippen LogP) is 2.76. The molecule has 160 valence electrons. The Balaban J connectivity index is 1.65. The minimum absolute atomic E-state index is 0.0946. The summed E-state index contributed by atoms with van der Waals surface area (Å²) in [4.78, 5) is 31.8. The number of aromatic nitrogens is 2. The number of ether oxygens (including phenoxy) is 1. The van der Waals surface area contributed by atoms with Gasteiger partial charge in [-0.2, -0.15) is 0 Å². The fourth-order valence-corrected chi connectivity index (χ4v) is 3.85. The summed E-state index contributed by atoms with van der Waals surface area (Å²) in [6.07, 6.45) is 0.465. The molecule has 0 unspecified atom stereocenters. The first-order chi connectivity index (χ1) is 15.0. The maximum atomic E-state index is 14.1. The molecule has 0 aliphatic carbocycles. The number of nitrogens with one attached hydrogen (secondary N) is 1. The number of imidazole rings is 1. The largest absolute Gasteiger partial charge is 0.494 e. The van der Waals surface area contributed by atoms with Gasteiger partial charge in [0.1, 0.15) is 11.5 Å². The zero-order chi connectivity index (χ0) is 22.0. The second kappa shape index (κ2) is 8.59. The summed E-state index contributed by atoms with van der Waals surface area (Å²) in [5.41, 5.74) is 2.31. The van der Waals surface area contributed by atoms with Gasteiger partial charge in [0.2, 0.25) is 0 Å². The lowest BCUT2D eigenvalue weighted by molar-refractivity contribution is 0.0758. The number of rotatable bonds is 4. The number of methoxy groups -OCH3 is 1.